The molecule has 0 unspecified atom stereocenters. The number of fused-ring (bicyclic) bond motifs is 8. The van der Waals surface area contributed by atoms with Crippen LogP contribution >= 0.6 is 22.6 Å². The molecule has 10 rings (SSSR count). The maximum absolute atomic E-state index is 11.6. The average molecular weight is 1040 g/mol. The predicted molar refractivity (Wildman–Crippen MR) is 273 cm³/mol. The Bertz CT molecular complexity index is 3390. The number of nitro benzene ring substituents is 2. The van der Waals surface area contributed by atoms with E-state index in [2.05, 4.69) is 114 Å². The molecule has 13 heteroatoms. The topological polar surface area (TPSA) is 144 Å². The van der Waals surface area contributed by atoms with Crippen LogP contribution in [0, 0.1) is 37.6 Å². The van der Waals surface area contributed by atoms with E-state index in [0.29, 0.717) is 56.0 Å². The van der Waals surface area contributed by atoms with E-state index in [4.69, 9.17) is 19.9 Å². The first-order valence-corrected chi connectivity index (χ1v) is 22.1. The SMILES string of the molecule is Cc1ccc(N(c2ccc(C)cc2)c2ccc(/C=C/c3c4nc(c(-c5ccc([N+](=O)[O-])cc5)c5ccc([n-]5)c(I)c5nc(c(-c6ccc([N+](=O)[O-])cc6)c6ccc3[n-]6)C=C5)C=C4)cc2)cc1.[Zn+2]. The molecule has 3 aromatic heterocycles. The third-order valence-electron chi connectivity index (χ3n) is 11.5. The summed E-state index contributed by atoms with van der Waals surface area (Å²) in [7, 11) is 0. The average Bonchev–Trinajstić information content (AvgIpc) is 4.19. The first-order chi connectivity index (χ1) is 32.1. The molecule has 5 aromatic carbocycles. The Morgan fingerprint density at radius 3 is 1.39 bits per heavy atom. The van der Waals surface area contributed by atoms with Crippen molar-refractivity contribution in [2.45, 2.75) is 13.8 Å². The van der Waals surface area contributed by atoms with Crippen molar-refractivity contribution in [1.29, 1.82) is 0 Å². The van der Waals surface area contributed by atoms with Gasteiger partial charge in [0.1, 0.15) is 0 Å². The van der Waals surface area contributed by atoms with Gasteiger partial charge in [0.25, 0.3) is 11.4 Å². The van der Waals surface area contributed by atoms with E-state index >= 15 is 0 Å². The van der Waals surface area contributed by atoms with Gasteiger partial charge in [-0.2, -0.15) is 0 Å². The van der Waals surface area contributed by atoms with Crippen LogP contribution in [-0.2, 0) is 19.5 Å². The molecule has 8 aromatic rings. The number of aromatic nitrogens is 4. The number of benzene rings is 5. The number of rotatable bonds is 9. The van der Waals surface area contributed by atoms with Gasteiger partial charge in [0, 0.05) is 44.9 Å². The number of nitro groups is 2. The Labute approximate surface area is 411 Å². The van der Waals surface area contributed by atoms with Crippen LogP contribution in [0.3, 0.4) is 0 Å². The van der Waals surface area contributed by atoms with Crippen LogP contribution in [0.2, 0.25) is 0 Å². The first kappa shape index (κ1) is 44.6. The smallest absolute Gasteiger partial charge is 0.657 e. The predicted octanol–water partition coefficient (Wildman–Crippen LogP) is 13.9. The van der Waals surface area contributed by atoms with Gasteiger partial charge in [0.2, 0.25) is 0 Å². The summed E-state index contributed by atoms with van der Waals surface area (Å²) in [5.74, 6) is 0. The molecule has 2 aliphatic heterocycles. The Morgan fingerprint density at radius 2 is 0.896 bits per heavy atom. The van der Waals surface area contributed by atoms with E-state index in [1.165, 1.54) is 35.4 Å². The molecule has 0 amide bonds. The van der Waals surface area contributed by atoms with Crippen molar-refractivity contribution < 1.29 is 29.3 Å². The van der Waals surface area contributed by atoms with Crippen LogP contribution < -0.4 is 14.9 Å². The second-order valence-corrected chi connectivity index (χ2v) is 17.0. The Hall–Kier alpha value is -7.61. The largest absolute Gasteiger partial charge is 2.00 e. The van der Waals surface area contributed by atoms with Crippen molar-refractivity contribution in [2.75, 3.05) is 4.90 Å². The zero-order valence-electron chi connectivity index (χ0n) is 36.2. The second-order valence-electron chi connectivity index (χ2n) is 15.9. The Kier molecular flexibility index (Phi) is 12.5. The van der Waals surface area contributed by atoms with Crippen molar-refractivity contribution in [3.05, 3.63) is 214 Å². The summed E-state index contributed by atoms with van der Waals surface area (Å²) >= 11 is 2.25. The van der Waals surface area contributed by atoms with Crippen LogP contribution in [0.1, 0.15) is 45.0 Å². The number of nitrogens with zero attached hydrogens (tertiary/aromatic N) is 7. The van der Waals surface area contributed by atoms with Gasteiger partial charge in [-0.05, 0) is 155 Å². The number of hydrogen-bond donors (Lipinski definition) is 0. The molecular weight excluding hydrogens is 1000 g/mol. The molecule has 0 aliphatic carbocycles. The van der Waals surface area contributed by atoms with E-state index < -0.39 is 9.85 Å². The molecule has 0 saturated heterocycles. The normalized spacial score (nSPS) is 11.7. The number of hydrogen-bond acceptors (Lipinski definition) is 7. The van der Waals surface area contributed by atoms with Gasteiger partial charge < -0.3 is 14.9 Å². The van der Waals surface area contributed by atoms with E-state index in [-0.39, 0.29) is 30.9 Å². The number of anilines is 3. The van der Waals surface area contributed by atoms with Crippen LogP contribution in [0.15, 0.2) is 146 Å². The van der Waals surface area contributed by atoms with Gasteiger partial charge in [0.05, 0.1) is 32.6 Å². The van der Waals surface area contributed by atoms with E-state index in [1.807, 2.05) is 60.7 Å². The van der Waals surface area contributed by atoms with Gasteiger partial charge in [-0.1, -0.05) is 83.9 Å². The minimum atomic E-state index is -0.416. The fraction of sp³-hybridized carbons (Fsp3) is 0.0370. The summed E-state index contributed by atoms with van der Waals surface area (Å²) < 4.78 is 0.808. The maximum Gasteiger partial charge on any atom is 2.00 e. The van der Waals surface area contributed by atoms with Crippen molar-refractivity contribution >= 4 is 110 Å². The minimum Gasteiger partial charge on any atom is -0.657 e. The first-order valence-electron chi connectivity index (χ1n) is 21.0. The maximum atomic E-state index is 11.6. The molecule has 0 atom stereocenters. The molecule has 11 nitrogen and oxygen atoms in total. The standard InChI is InChI=1S/C54H36IN7O4.Zn/c1-33-3-14-38(15-4-33)60(39-16-5-34(2)6-17-39)40-18-7-35(8-19-40)9-24-43-44-25-27-46(56-44)52(36-10-20-41(21-11-36)61(63)64)48-29-31-50(58-48)54(55)51-32-30-49(59-51)53(47-28-26-45(43)57-47)37-12-22-42(23-13-37)62(65)66;/h3-32H,1-2H3;/q-2;+2/b24-9+,44-43?,45-43?,52-46?,52-48?,53-47?,53-49?,54-50?,54-51?;. The van der Waals surface area contributed by atoms with Crippen molar-refractivity contribution in [3.8, 4) is 22.3 Å². The molecule has 0 spiro atoms. The summed E-state index contributed by atoms with van der Waals surface area (Å²) in [4.78, 5) is 45.3. The Balaban J connectivity index is 0.00000562. The van der Waals surface area contributed by atoms with Crippen LogP contribution in [0.5, 0.6) is 0 Å². The van der Waals surface area contributed by atoms with E-state index in [1.54, 1.807) is 24.3 Å². The minimum absolute atomic E-state index is 0. The molecular formula is C54H36IN7O4Zn. The van der Waals surface area contributed by atoms with Gasteiger partial charge >= 0.3 is 19.5 Å². The van der Waals surface area contributed by atoms with Crippen molar-refractivity contribution in [3.63, 3.8) is 0 Å². The number of aryl methyl sites for hydroxylation is 2. The number of halogens is 1. The van der Waals surface area contributed by atoms with Crippen molar-refractivity contribution in [1.82, 2.24) is 19.9 Å². The van der Waals surface area contributed by atoms with Crippen LogP contribution in [0.4, 0.5) is 28.4 Å². The Morgan fingerprint density at radius 1 is 0.493 bits per heavy atom. The molecule has 320 valence electrons. The molecule has 0 N–H and O–H groups in total. The monoisotopic (exact) mass is 1040 g/mol. The molecule has 67 heavy (non-hydrogen) atoms. The third-order valence-corrected chi connectivity index (χ3v) is 12.6. The summed E-state index contributed by atoms with van der Waals surface area (Å²) in [5.41, 5.74) is 15.2. The molecule has 0 fully saturated rings. The van der Waals surface area contributed by atoms with Crippen LogP contribution in [-0.4, -0.2) is 19.8 Å². The third kappa shape index (κ3) is 9.03. The second kappa shape index (κ2) is 18.7. The van der Waals surface area contributed by atoms with Crippen LogP contribution in [0.25, 0.3) is 80.8 Å². The molecule has 8 bridgehead atoms. The quantitative estimate of drug-likeness (QED) is 0.0597. The summed E-state index contributed by atoms with van der Waals surface area (Å²) in [6.07, 6.45) is 11.8. The summed E-state index contributed by atoms with van der Waals surface area (Å²) in [6.45, 7) is 4.17. The summed E-state index contributed by atoms with van der Waals surface area (Å²) in [6, 6.07) is 46.0. The van der Waals surface area contributed by atoms with Gasteiger partial charge in [0.15, 0.2) is 0 Å². The number of non-ortho nitro benzene ring substituents is 2. The van der Waals surface area contributed by atoms with Gasteiger partial charge in [-0.15, -0.1) is 22.1 Å². The van der Waals surface area contributed by atoms with Crippen molar-refractivity contribution in [2.24, 2.45) is 0 Å². The fourth-order valence-corrected chi connectivity index (χ4v) is 8.69. The molecule has 5 heterocycles. The van der Waals surface area contributed by atoms with E-state index in [9.17, 15) is 20.2 Å². The van der Waals surface area contributed by atoms with E-state index in [0.717, 1.165) is 42.9 Å². The summed E-state index contributed by atoms with van der Waals surface area (Å²) in [5, 5.41) is 23.3. The molecule has 0 saturated carbocycles. The zero-order chi connectivity index (χ0) is 45.5. The van der Waals surface area contributed by atoms with Gasteiger partial charge in [-0.25, -0.2) is 9.97 Å². The zero-order valence-corrected chi connectivity index (χ0v) is 41.3. The molecule has 0 radical (unpaired) electrons. The van der Waals surface area contributed by atoms with Gasteiger partial charge in [-0.3, -0.25) is 20.2 Å². The fourth-order valence-electron chi connectivity index (χ4n) is 8.09. The molecule has 2 aliphatic rings.